The number of benzene rings is 2. The quantitative estimate of drug-likeness (QED) is 0.637. The maximum absolute atomic E-state index is 13.8. The average Bonchev–Trinajstić information content (AvgIpc) is 3.46. The predicted molar refractivity (Wildman–Crippen MR) is 112 cm³/mol. The molecule has 0 unspecified atom stereocenters. The van der Waals surface area contributed by atoms with Gasteiger partial charge < -0.3 is 5.32 Å². The van der Waals surface area contributed by atoms with Gasteiger partial charge in [0.05, 0.1) is 28.8 Å². The second-order valence-electron chi connectivity index (χ2n) is 8.84. The highest BCUT2D eigenvalue weighted by Gasteiger charge is 2.75. The maximum atomic E-state index is 13.8. The van der Waals surface area contributed by atoms with Crippen LogP contribution in [0.4, 0.5) is 24.5 Å². The van der Waals surface area contributed by atoms with Crippen molar-refractivity contribution in [2.24, 2.45) is 11.8 Å². The molecule has 2 aromatic carbocycles. The normalized spacial score (nSPS) is 30.7. The summed E-state index contributed by atoms with van der Waals surface area (Å²) >= 11 is 5.95. The molecular formula is C23H17ClF3N3O3. The molecule has 0 aliphatic carbocycles. The lowest BCUT2D eigenvalue weighted by molar-refractivity contribution is -0.137. The Bertz CT molecular complexity index is 1230. The third-order valence-electron chi connectivity index (χ3n) is 7.42. The van der Waals surface area contributed by atoms with Crippen molar-refractivity contribution in [3.63, 3.8) is 0 Å². The molecule has 0 aromatic heterocycles. The Kier molecular flexibility index (Phi) is 4.12. The molecule has 33 heavy (non-hydrogen) atoms. The van der Waals surface area contributed by atoms with Crippen LogP contribution in [0.3, 0.4) is 0 Å². The van der Waals surface area contributed by atoms with Crippen LogP contribution >= 0.6 is 11.6 Å². The van der Waals surface area contributed by atoms with E-state index in [9.17, 15) is 27.6 Å². The predicted octanol–water partition coefficient (Wildman–Crippen LogP) is 3.79. The van der Waals surface area contributed by atoms with Gasteiger partial charge in [0.25, 0.3) is 0 Å². The zero-order valence-electron chi connectivity index (χ0n) is 17.0. The molecule has 4 atom stereocenters. The monoisotopic (exact) mass is 475 g/mol. The number of halogens is 4. The van der Waals surface area contributed by atoms with Gasteiger partial charge in [-0.1, -0.05) is 23.7 Å². The molecule has 3 saturated heterocycles. The summed E-state index contributed by atoms with van der Waals surface area (Å²) in [6, 6.07) is 9.41. The van der Waals surface area contributed by atoms with Gasteiger partial charge in [-0.05, 0) is 49.7 Å². The topological polar surface area (TPSA) is 69.7 Å². The molecule has 0 bridgehead atoms. The van der Waals surface area contributed by atoms with Crippen molar-refractivity contribution >= 4 is 40.7 Å². The maximum Gasteiger partial charge on any atom is 0.418 e. The van der Waals surface area contributed by atoms with Crippen molar-refractivity contribution in [2.75, 3.05) is 16.8 Å². The Morgan fingerprint density at radius 1 is 1.03 bits per heavy atom. The van der Waals surface area contributed by atoms with Crippen LogP contribution in [0.2, 0.25) is 5.02 Å². The van der Waals surface area contributed by atoms with Gasteiger partial charge in [-0.2, -0.15) is 13.2 Å². The molecule has 6 rings (SSSR count). The first kappa shape index (κ1) is 20.7. The number of para-hydroxylation sites is 1. The number of alkyl halides is 3. The number of fused-ring (bicyclic) bond motifs is 7. The molecule has 170 valence electrons. The lowest BCUT2D eigenvalue weighted by Gasteiger charge is -2.36. The summed E-state index contributed by atoms with van der Waals surface area (Å²) in [5.41, 5.74) is -2.51. The van der Waals surface area contributed by atoms with Crippen molar-refractivity contribution < 1.29 is 27.6 Å². The van der Waals surface area contributed by atoms with Crippen molar-refractivity contribution in [1.29, 1.82) is 0 Å². The molecule has 1 N–H and O–H groups in total. The number of imide groups is 1. The Labute approximate surface area is 191 Å². The third-order valence-corrected chi connectivity index (χ3v) is 7.67. The van der Waals surface area contributed by atoms with Crippen LogP contribution in [-0.2, 0) is 26.1 Å². The van der Waals surface area contributed by atoms with Gasteiger partial charge in [-0.3, -0.25) is 19.3 Å². The highest BCUT2D eigenvalue weighted by molar-refractivity contribution is 6.31. The summed E-state index contributed by atoms with van der Waals surface area (Å²) in [5, 5.41) is 2.86. The zero-order chi connectivity index (χ0) is 23.3. The molecule has 4 heterocycles. The molecule has 3 fully saturated rings. The Morgan fingerprint density at radius 3 is 2.45 bits per heavy atom. The second-order valence-corrected chi connectivity index (χ2v) is 9.28. The number of nitrogens with one attached hydrogen (secondary N) is 1. The summed E-state index contributed by atoms with van der Waals surface area (Å²) in [7, 11) is 0. The van der Waals surface area contributed by atoms with E-state index in [-0.39, 0.29) is 11.3 Å². The van der Waals surface area contributed by atoms with Crippen molar-refractivity contribution in [1.82, 2.24) is 4.90 Å². The van der Waals surface area contributed by atoms with Gasteiger partial charge in [0, 0.05) is 16.6 Å². The van der Waals surface area contributed by atoms with Gasteiger partial charge in [-0.25, -0.2) is 4.90 Å². The molecule has 3 amide bonds. The SMILES string of the molecule is O=C1[C@H]2[C@@H](C(=O)N1c1ccc(Cl)cc1)[C@]1(C(=O)Nc3c(C(F)(F)F)cccc31)N1CCC[C@@H]21. The van der Waals surface area contributed by atoms with Crippen LogP contribution < -0.4 is 10.2 Å². The van der Waals surface area contributed by atoms with E-state index >= 15 is 0 Å². The second kappa shape index (κ2) is 6.57. The Balaban J connectivity index is 1.56. The molecule has 4 aliphatic rings. The number of carbonyl (C=O) groups excluding carboxylic acids is 3. The van der Waals surface area contributed by atoms with Crippen LogP contribution in [-0.4, -0.2) is 35.2 Å². The van der Waals surface area contributed by atoms with E-state index in [1.54, 1.807) is 29.2 Å². The van der Waals surface area contributed by atoms with E-state index in [1.807, 2.05) is 0 Å². The van der Waals surface area contributed by atoms with Crippen LogP contribution in [0.5, 0.6) is 0 Å². The number of nitrogens with zero attached hydrogens (tertiary/aromatic N) is 2. The van der Waals surface area contributed by atoms with Crippen LogP contribution in [0.1, 0.15) is 24.0 Å². The van der Waals surface area contributed by atoms with Crippen LogP contribution in [0, 0.1) is 11.8 Å². The van der Waals surface area contributed by atoms with E-state index in [4.69, 9.17) is 11.6 Å². The fourth-order valence-corrected chi connectivity index (χ4v) is 6.44. The Hall–Kier alpha value is -2.91. The van der Waals surface area contributed by atoms with Crippen molar-refractivity contribution in [3.05, 3.63) is 58.6 Å². The fourth-order valence-electron chi connectivity index (χ4n) is 6.31. The summed E-state index contributed by atoms with van der Waals surface area (Å²) in [6.45, 7) is 0.419. The van der Waals surface area contributed by atoms with E-state index in [0.717, 1.165) is 11.0 Å². The number of hydrogen-bond donors (Lipinski definition) is 1. The summed E-state index contributed by atoms with van der Waals surface area (Å²) in [5.74, 6) is -3.64. The minimum Gasteiger partial charge on any atom is -0.323 e. The van der Waals surface area contributed by atoms with E-state index < -0.39 is 52.9 Å². The van der Waals surface area contributed by atoms with E-state index in [1.165, 1.54) is 12.1 Å². The number of rotatable bonds is 1. The first-order valence-electron chi connectivity index (χ1n) is 10.6. The molecule has 10 heteroatoms. The summed E-state index contributed by atoms with van der Waals surface area (Å²) < 4.78 is 41.2. The van der Waals surface area contributed by atoms with Crippen molar-refractivity contribution in [2.45, 2.75) is 30.6 Å². The van der Waals surface area contributed by atoms with Crippen molar-refractivity contribution in [3.8, 4) is 0 Å². The standard InChI is InChI=1S/C23H17ClF3N3O3/c24-11-6-8-12(9-7-11)30-19(31)16-15-5-2-10-29(15)22(17(16)20(30)32)13-3-1-4-14(23(25,26)27)18(13)28-21(22)33/h1,3-4,6-9,15-17H,2,5,10H2,(H,28,33)/t15-,16+,17-,22+/m0/s1. The molecule has 2 aromatic rings. The highest BCUT2D eigenvalue weighted by atomic mass is 35.5. The number of hydrogen-bond acceptors (Lipinski definition) is 4. The third kappa shape index (κ3) is 2.46. The lowest BCUT2D eigenvalue weighted by atomic mass is 9.75. The van der Waals surface area contributed by atoms with Gasteiger partial charge in [-0.15, -0.1) is 0 Å². The molecule has 4 aliphatic heterocycles. The van der Waals surface area contributed by atoms with Gasteiger partial charge in [0.15, 0.2) is 0 Å². The van der Waals surface area contributed by atoms with Gasteiger partial charge in [0.1, 0.15) is 5.54 Å². The average molecular weight is 476 g/mol. The van der Waals surface area contributed by atoms with Gasteiger partial charge in [0.2, 0.25) is 17.7 Å². The first-order chi connectivity index (χ1) is 15.7. The van der Waals surface area contributed by atoms with Gasteiger partial charge >= 0.3 is 6.18 Å². The fraction of sp³-hybridized carbons (Fsp3) is 0.348. The minimum atomic E-state index is -4.68. The number of anilines is 2. The van der Waals surface area contributed by atoms with E-state index in [2.05, 4.69) is 5.32 Å². The van der Waals surface area contributed by atoms with Crippen LogP contribution in [0.15, 0.2) is 42.5 Å². The molecule has 0 saturated carbocycles. The molecular weight excluding hydrogens is 459 g/mol. The lowest BCUT2D eigenvalue weighted by Crippen LogP contribution is -2.54. The molecule has 6 nitrogen and oxygen atoms in total. The largest absolute Gasteiger partial charge is 0.418 e. The van der Waals surface area contributed by atoms with Crippen LogP contribution in [0.25, 0.3) is 0 Å². The van der Waals surface area contributed by atoms with E-state index in [0.29, 0.717) is 30.1 Å². The molecule has 0 radical (unpaired) electrons. The zero-order valence-corrected chi connectivity index (χ0v) is 17.8. The summed E-state index contributed by atoms with van der Waals surface area (Å²) in [4.78, 5) is 43.7. The number of carbonyl (C=O) groups is 3. The molecule has 1 spiro atoms. The highest BCUT2D eigenvalue weighted by Crippen LogP contribution is 2.61. The first-order valence-corrected chi connectivity index (χ1v) is 11.0. The Morgan fingerprint density at radius 2 is 1.76 bits per heavy atom. The minimum absolute atomic E-state index is 0.112. The summed E-state index contributed by atoms with van der Waals surface area (Å²) in [6.07, 6.45) is -3.42. The smallest absolute Gasteiger partial charge is 0.323 e. The number of amides is 3.